The van der Waals surface area contributed by atoms with Gasteiger partial charge in [-0.2, -0.15) is 5.10 Å². The highest BCUT2D eigenvalue weighted by molar-refractivity contribution is 5.42. The molecule has 1 saturated carbocycles. The molecule has 1 aliphatic carbocycles. The van der Waals surface area contributed by atoms with Crippen molar-refractivity contribution < 1.29 is 0 Å². The lowest BCUT2D eigenvalue weighted by Crippen LogP contribution is -2.05. The van der Waals surface area contributed by atoms with Crippen LogP contribution in [0.1, 0.15) is 63.6 Å². The van der Waals surface area contributed by atoms with E-state index in [1.54, 1.807) is 0 Å². The van der Waals surface area contributed by atoms with Crippen LogP contribution in [0.5, 0.6) is 0 Å². The molecule has 1 aliphatic rings. The normalized spacial score (nSPS) is 18.3. The van der Waals surface area contributed by atoms with Crippen molar-refractivity contribution in [2.45, 2.75) is 57.9 Å². The third-order valence-corrected chi connectivity index (χ3v) is 3.95. The lowest BCUT2D eigenvalue weighted by atomic mass is 9.87. The first-order valence-corrected chi connectivity index (χ1v) is 6.82. The number of aromatic nitrogens is 3. The van der Waals surface area contributed by atoms with Crippen molar-refractivity contribution in [3.05, 3.63) is 24.2 Å². The maximum Gasteiger partial charge on any atom is 0.136 e. The van der Waals surface area contributed by atoms with Gasteiger partial charge in [0.1, 0.15) is 5.65 Å². The summed E-state index contributed by atoms with van der Waals surface area (Å²) < 4.78 is 4.32. The topological polar surface area (TPSA) is 22.2 Å². The summed E-state index contributed by atoms with van der Waals surface area (Å²) >= 11 is 0. The van der Waals surface area contributed by atoms with E-state index in [1.807, 2.05) is 4.52 Å². The average molecular weight is 231 g/mol. The van der Waals surface area contributed by atoms with Gasteiger partial charge in [0.2, 0.25) is 0 Å². The van der Waals surface area contributed by atoms with Gasteiger partial charge in [0.05, 0.1) is 5.69 Å². The zero-order valence-electron chi connectivity index (χ0n) is 10.8. The summed E-state index contributed by atoms with van der Waals surface area (Å²) in [7, 11) is 0. The summed E-state index contributed by atoms with van der Waals surface area (Å²) in [6.45, 7) is 4.43. The van der Waals surface area contributed by atoms with Crippen LogP contribution in [0.25, 0.3) is 5.65 Å². The monoisotopic (exact) mass is 231 g/mol. The molecule has 0 atom stereocenters. The summed E-state index contributed by atoms with van der Waals surface area (Å²) in [6.07, 6.45) is 11.0. The zero-order chi connectivity index (χ0) is 11.8. The molecule has 92 valence electrons. The Morgan fingerprint density at radius 3 is 2.65 bits per heavy atom. The van der Waals surface area contributed by atoms with Crippen LogP contribution < -0.4 is 0 Å². The molecule has 2 aromatic rings. The molecule has 2 aromatic heterocycles. The van der Waals surface area contributed by atoms with Gasteiger partial charge < -0.3 is 4.57 Å². The molecule has 0 aromatic carbocycles. The molecule has 3 rings (SSSR count). The van der Waals surface area contributed by atoms with Gasteiger partial charge in [-0.1, -0.05) is 19.3 Å². The molecule has 0 bridgehead atoms. The first-order valence-electron chi connectivity index (χ1n) is 6.82. The van der Waals surface area contributed by atoms with E-state index in [1.165, 1.54) is 43.4 Å². The van der Waals surface area contributed by atoms with Crippen LogP contribution in [0.15, 0.2) is 18.5 Å². The molecule has 3 heteroatoms. The average Bonchev–Trinajstić information content (AvgIpc) is 2.88. The quantitative estimate of drug-likeness (QED) is 0.771. The van der Waals surface area contributed by atoms with Crippen molar-refractivity contribution in [1.82, 2.24) is 14.2 Å². The van der Waals surface area contributed by atoms with E-state index in [-0.39, 0.29) is 0 Å². The third-order valence-electron chi connectivity index (χ3n) is 3.95. The molecule has 3 nitrogen and oxygen atoms in total. The molecular weight excluding hydrogens is 210 g/mol. The van der Waals surface area contributed by atoms with Crippen molar-refractivity contribution in [3.63, 3.8) is 0 Å². The number of imidazole rings is 1. The fourth-order valence-electron chi connectivity index (χ4n) is 2.95. The number of hydrogen-bond donors (Lipinski definition) is 0. The largest absolute Gasteiger partial charge is 0.329 e. The summed E-state index contributed by atoms with van der Waals surface area (Å²) in [4.78, 5) is 0. The smallest absolute Gasteiger partial charge is 0.136 e. The standard InChI is InChI=1S/C14H21N3/c1-11(2)16-8-9-17-14(16)10-13(15-17)12-6-4-3-5-7-12/h8-12H,3-7H2,1-2H3. The lowest BCUT2D eigenvalue weighted by Gasteiger charge is -2.19. The van der Waals surface area contributed by atoms with Crippen molar-refractivity contribution in [2.75, 3.05) is 0 Å². The first kappa shape index (κ1) is 10.9. The molecule has 0 saturated heterocycles. The van der Waals surface area contributed by atoms with Gasteiger partial charge in [-0.05, 0) is 26.7 Å². The molecule has 0 N–H and O–H groups in total. The maximum atomic E-state index is 4.74. The summed E-state index contributed by atoms with van der Waals surface area (Å²) in [6, 6.07) is 2.79. The highest BCUT2D eigenvalue weighted by atomic mass is 15.3. The minimum Gasteiger partial charge on any atom is -0.329 e. The van der Waals surface area contributed by atoms with Gasteiger partial charge >= 0.3 is 0 Å². The van der Waals surface area contributed by atoms with Crippen molar-refractivity contribution >= 4 is 5.65 Å². The van der Waals surface area contributed by atoms with Crippen LogP contribution >= 0.6 is 0 Å². The molecule has 1 fully saturated rings. The van der Waals surface area contributed by atoms with Crippen LogP contribution in [0.4, 0.5) is 0 Å². The Morgan fingerprint density at radius 1 is 1.18 bits per heavy atom. The molecular formula is C14H21N3. The maximum absolute atomic E-state index is 4.74. The number of hydrogen-bond acceptors (Lipinski definition) is 1. The molecule has 2 heterocycles. The molecule has 17 heavy (non-hydrogen) atoms. The van der Waals surface area contributed by atoms with Crippen LogP contribution in [0.3, 0.4) is 0 Å². The van der Waals surface area contributed by atoms with E-state index in [9.17, 15) is 0 Å². The van der Waals surface area contributed by atoms with Gasteiger partial charge in [0, 0.05) is 30.4 Å². The Labute approximate surface area is 102 Å². The second-order valence-electron chi connectivity index (χ2n) is 5.51. The Morgan fingerprint density at radius 2 is 1.94 bits per heavy atom. The van der Waals surface area contributed by atoms with E-state index in [0.717, 1.165) is 0 Å². The molecule has 0 aliphatic heterocycles. The molecule has 0 radical (unpaired) electrons. The number of fused-ring (bicyclic) bond motifs is 1. The fourth-order valence-corrected chi connectivity index (χ4v) is 2.95. The Kier molecular flexibility index (Phi) is 2.69. The van der Waals surface area contributed by atoms with E-state index >= 15 is 0 Å². The van der Waals surface area contributed by atoms with E-state index in [2.05, 4.69) is 36.9 Å². The molecule has 0 amide bonds. The summed E-state index contributed by atoms with van der Waals surface area (Å²) in [5, 5.41) is 4.74. The van der Waals surface area contributed by atoms with E-state index in [4.69, 9.17) is 5.10 Å². The van der Waals surface area contributed by atoms with Gasteiger partial charge in [0.15, 0.2) is 0 Å². The van der Waals surface area contributed by atoms with Gasteiger partial charge in [0.25, 0.3) is 0 Å². The zero-order valence-corrected chi connectivity index (χ0v) is 10.8. The highest BCUT2D eigenvalue weighted by Crippen LogP contribution is 2.32. The predicted octanol–water partition coefficient (Wildman–Crippen LogP) is 3.76. The SMILES string of the molecule is CC(C)n1ccn2nc(C3CCCCC3)cc12. The van der Waals surface area contributed by atoms with Gasteiger partial charge in [-0.15, -0.1) is 0 Å². The predicted molar refractivity (Wildman–Crippen MR) is 69.4 cm³/mol. The summed E-state index contributed by atoms with van der Waals surface area (Å²) in [5.74, 6) is 0.698. The fraction of sp³-hybridized carbons (Fsp3) is 0.643. The third kappa shape index (κ3) is 1.88. The first-order chi connectivity index (χ1) is 8.25. The highest BCUT2D eigenvalue weighted by Gasteiger charge is 2.19. The minimum absolute atomic E-state index is 0.503. The van der Waals surface area contributed by atoms with Crippen molar-refractivity contribution in [2.24, 2.45) is 0 Å². The Balaban J connectivity index is 1.95. The molecule has 0 unspecified atom stereocenters. The second kappa shape index (κ2) is 4.21. The van der Waals surface area contributed by atoms with Crippen LogP contribution in [0, 0.1) is 0 Å². The van der Waals surface area contributed by atoms with Crippen LogP contribution in [-0.2, 0) is 0 Å². The summed E-state index contributed by atoms with van der Waals surface area (Å²) in [5.41, 5.74) is 2.54. The van der Waals surface area contributed by atoms with Gasteiger partial charge in [-0.25, -0.2) is 4.52 Å². The lowest BCUT2D eigenvalue weighted by molar-refractivity contribution is 0.435. The van der Waals surface area contributed by atoms with Crippen LogP contribution in [0.2, 0.25) is 0 Å². The van der Waals surface area contributed by atoms with Gasteiger partial charge in [-0.3, -0.25) is 0 Å². The minimum atomic E-state index is 0.503. The Hall–Kier alpha value is -1.25. The van der Waals surface area contributed by atoms with E-state index in [0.29, 0.717) is 12.0 Å². The second-order valence-corrected chi connectivity index (χ2v) is 5.51. The Bertz CT molecular complexity index is 500. The van der Waals surface area contributed by atoms with Crippen molar-refractivity contribution in [1.29, 1.82) is 0 Å². The molecule has 0 spiro atoms. The number of nitrogens with zero attached hydrogens (tertiary/aromatic N) is 3. The number of rotatable bonds is 2. The van der Waals surface area contributed by atoms with E-state index < -0.39 is 0 Å². The van der Waals surface area contributed by atoms with Crippen molar-refractivity contribution in [3.8, 4) is 0 Å². The van der Waals surface area contributed by atoms with Crippen LogP contribution in [-0.4, -0.2) is 14.2 Å².